The van der Waals surface area contributed by atoms with Crippen molar-refractivity contribution in [1.29, 1.82) is 0 Å². The Kier molecular flexibility index (Phi) is 4.86. The lowest BCUT2D eigenvalue weighted by Crippen LogP contribution is -2.39. The summed E-state index contributed by atoms with van der Waals surface area (Å²) in [5, 5.41) is 3.51. The van der Waals surface area contributed by atoms with Gasteiger partial charge in [-0.15, -0.1) is 0 Å². The van der Waals surface area contributed by atoms with E-state index in [1.54, 1.807) is 0 Å². The molecule has 0 saturated carbocycles. The second-order valence-electron chi connectivity index (χ2n) is 6.25. The molecule has 19 heavy (non-hydrogen) atoms. The van der Waals surface area contributed by atoms with Crippen LogP contribution in [-0.2, 0) is 10.2 Å². The molecule has 106 valence electrons. The molecule has 0 radical (unpaired) electrons. The molecular formula is C15H22ClNO2. The average molecular weight is 284 g/mol. The topological polar surface area (TPSA) is 38.3 Å². The number of hydrogen-bond acceptors (Lipinski definition) is 2. The molecule has 1 aromatic carbocycles. The molecule has 0 aliphatic rings. The van der Waals surface area contributed by atoms with Gasteiger partial charge in [0.1, 0.15) is 5.60 Å². The highest BCUT2D eigenvalue weighted by Crippen LogP contribution is 2.24. The van der Waals surface area contributed by atoms with Crippen molar-refractivity contribution in [2.45, 2.75) is 45.6 Å². The molecule has 1 amide bonds. The molecule has 0 spiro atoms. The summed E-state index contributed by atoms with van der Waals surface area (Å²) in [6.07, 6.45) is -0.394. The molecule has 0 atom stereocenters. The standard InChI is InChI=1S/C15H22ClNO2/c1-14(2,3)19-13(18)17-10-15(4,5)11-6-8-12(16)9-7-11/h6-9H,10H2,1-5H3,(H,17,18). The Labute approximate surface area is 120 Å². The van der Waals surface area contributed by atoms with Gasteiger partial charge in [0.25, 0.3) is 0 Å². The van der Waals surface area contributed by atoms with Gasteiger partial charge in [0, 0.05) is 17.0 Å². The smallest absolute Gasteiger partial charge is 0.407 e. The maximum absolute atomic E-state index is 11.6. The van der Waals surface area contributed by atoms with Gasteiger partial charge in [0.05, 0.1) is 0 Å². The van der Waals surface area contributed by atoms with Crippen LogP contribution in [0.5, 0.6) is 0 Å². The van der Waals surface area contributed by atoms with Gasteiger partial charge >= 0.3 is 6.09 Å². The molecule has 1 rings (SSSR count). The first-order chi connectivity index (χ1) is 8.60. The van der Waals surface area contributed by atoms with Gasteiger partial charge in [0.15, 0.2) is 0 Å². The highest BCUT2D eigenvalue weighted by molar-refractivity contribution is 6.30. The van der Waals surface area contributed by atoms with Crippen LogP contribution in [0.3, 0.4) is 0 Å². The van der Waals surface area contributed by atoms with Crippen LogP contribution in [0.1, 0.15) is 40.2 Å². The molecule has 4 heteroatoms. The Morgan fingerprint density at radius 3 is 2.16 bits per heavy atom. The SMILES string of the molecule is CC(C)(C)OC(=O)NCC(C)(C)c1ccc(Cl)cc1. The van der Waals surface area contributed by atoms with Crippen LogP contribution in [0.4, 0.5) is 4.79 Å². The van der Waals surface area contributed by atoms with E-state index in [1.165, 1.54) is 0 Å². The number of halogens is 1. The van der Waals surface area contributed by atoms with Crippen LogP contribution in [0, 0.1) is 0 Å². The number of amides is 1. The zero-order valence-corrected chi connectivity index (χ0v) is 13.0. The molecule has 3 nitrogen and oxygen atoms in total. The highest BCUT2D eigenvalue weighted by Gasteiger charge is 2.23. The number of rotatable bonds is 3. The Morgan fingerprint density at radius 2 is 1.68 bits per heavy atom. The van der Waals surface area contributed by atoms with Crippen molar-refractivity contribution in [1.82, 2.24) is 5.32 Å². The first kappa shape index (κ1) is 15.8. The minimum atomic E-state index is -0.478. The molecule has 0 aromatic heterocycles. The van der Waals surface area contributed by atoms with Crippen molar-refractivity contribution in [3.8, 4) is 0 Å². The van der Waals surface area contributed by atoms with Crippen molar-refractivity contribution in [3.63, 3.8) is 0 Å². The number of carbonyl (C=O) groups excluding carboxylic acids is 1. The number of hydrogen-bond donors (Lipinski definition) is 1. The first-order valence-corrected chi connectivity index (χ1v) is 6.71. The molecule has 0 saturated heterocycles. The molecule has 0 aliphatic heterocycles. The Balaban J connectivity index is 2.60. The second kappa shape index (κ2) is 5.83. The maximum atomic E-state index is 11.6. The van der Waals surface area contributed by atoms with Crippen molar-refractivity contribution >= 4 is 17.7 Å². The Morgan fingerprint density at radius 1 is 1.16 bits per heavy atom. The number of nitrogens with one attached hydrogen (secondary N) is 1. The predicted octanol–water partition coefficient (Wildman–Crippen LogP) is 4.14. The van der Waals surface area contributed by atoms with Crippen LogP contribution >= 0.6 is 11.6 Å². The fourth-order valence-corrected chi connectivity index (χ4v) is 1.74. The molecule has 0 unspecified atom stereocenters. The zero-order chi connectivity index (χ0) is 14.7. The molecule has 0 heterocycles. The monoisotopic (exact) mass is 283 g/mol. The number of benzene rings is 1. The van der Waals surface area contributed by atoms with Crippen molar-refractivity contribution < 1.29 is 9.53 Å². The van der Waals surface area contributed by atoms with Crippen LogP contribution in [0.25, 0.3) is 0 Å². The molecule has 0 aliphatic carbocycles. The van der Waals surface area contributed by atoms with E-state index in [1.807, 2.05) is 45.0 Å². The Bertz CT molecular complexity index is 432. The summed E-state index contributed by atoms with van der Waals surface area (Å²) in [5.74, 6) is 0. The lowest BCUT2D eigenvalue weighted by atomic mass is 9.85. The molecule has 1 N–H and O–H groups in total. The third-order valence-electron chi connectivity index (χ3n) is 2.70. The molecule has 0 bridgehead atoms. The van der Waals surface area contributed by atoms with Crippen LogP contribution in [-0.4, -0.2) is 18.2 Å². The molecular weight excluding hydrogens is 262 g/mol. The summed E-state index contributed by atoms with van der Waals surface area (Å²) in [4.78, 5) is 11.6. The van der Waals surface area contributed by atoms with Gasteiger partial charge < -0.3 is 10.1 Å². The summed E-state index contributed by atoms with van der Waals surface area (Å²) in [7, 11) is 0. The van der Waals surface area contributed by atoms with E-state index in [-0.39, 0.29) is 5.41 Å². The van der Waals surface area contributed by atoms with E-state index in [0.29, 0.717) is 11.6 Å². The average Bonchev–Trinajstić information content (AvgIpc) is 2.25. The van der Waals surface area contributed by atoms with Gasteiger partial charge in [-0.05, 0) is 38.5 Å². The van der Waals surface area contributed by atoms with Crippen molar-refractivity contribution in [2.75, 3.05) is 6.54 Å². The fourth-order valence-electron chi connectivity index (χ4n) is 1.61. The largest absolute Gasteiger partial charge is 0.444 e. The summed E-state index contributed by atoms with van der Waals surface area (Å²) >= 11 is 5.87. The van der Waals surface area contributed by atoms with Gasteiger partial charge in [-0.1, -0.05) is 37.6 Å². The van der Waals surface area contributed by atoms with E-state index < -0.39 is 11.7 Å². The van der Waals surface area contributed by atoms with E-state index >= 15 is 0 Å². The van der Waals surface area contributed by atoms with Crippen LogP contribution in [0.2, 0.25) is 5.02 Å². The lowest BCUT2D eigenvalue weighted by Gasteiger charge is -2.27. The van der Waals surface area contributed by atoms with Gasteiger partial charge in [-0.3, -0.25) is 0 Å². The van der Waals surface area contributed by atoms with Crippen molar-refractivity contribution in [3.05, 3.63) is 34.9 Å². The van der Waals surface area contributed by atoms with Crippen LogP contribution in [0.15, 0.2) is 24.3 Å². The molecule has 0 fully saturated rings. The summed E-state index contributed by atoms with van der Waals surface area (Å²) in [5.41, 5.74) is 0.462. The normalized spacial score (nSPS) is 12.1. The third-order valence-corrected chi connectivity index (χ3v) is 2.95. The second-order valence-corrected chi connectivity index (χ2v) is 6.68. The van der Waals surface area contributed by atoms with Crippen molar-refractivity contribution in [2.24, 2.45) is 0 Å². The van der Waals surface area contributed by atoms with Gasteiger partial charge in [-0.25, -0.2) is 4.79 Å². The number of alkyl carbamates (subject to hydrolysis) is 1. The Hall–Kier alpha value is -1.22. The predicted molar refractivity (Wildman–Crippen MR) is 78.7 cm³/mol. The van der Waals surface area contributed by atoms with Crippen LogP contribution < -0.4 is 5.32 Å². The summed E-state index contributed by atoms with van der Waals surface area (Å²) < 4.78 is 5.22. The minimum Gasteiger partial charge on any atom is -0.444 e. The van der Waals surface area contributed by atoms with E-state index in [2.05, 4.69) is 19.2 Å². The maximum Gasteiger partial charge on any atom is 0.407 e. The lowest BCUT2D eigenvalue weighted by molar-refractivity contribution is 0.0517. The van der Waals surface area contributed by atoms with Gasteiger partial charge in [0.2, 0.25) is 0 Å². The van der Waals surface area contributed by atoms with E-state index in [4.69, 9.17) is 16.3 Å². The summed E-state index contributed by atoms with van der Waals surface area (Å²) in [6.45, 7) is 10.2. The quantitative estimate of drug-likeness (QED) is 0.905. The molecule has 1 aromatic rings. The first-order valence-electron chi connectivity index (χ1n) is 6.33. The number of carbonyl (C=O) groups is 1. The zero-order valence-electron chi connectivity index (χ0n) is 12.2. The third kappa shape index (κ3) is 5.52. The number of ether oxygens (including phenoxy) is 1. The van der Waals surface area contributed by atoms with Gasteiger partial charge in [-0.2, -0.15) is 0 Å². The summed E-state index contributed by atoms with van der Waals surface area (Å²) in [6, 6.07) is 7.65. The highest BCUT2D eigenvalue weighted by atomic mass is 35.5. The van der Waals surface area contributed by atoms with E-state index in [0.717, 1.165) is 5.56 Å². The fraction of sp³-hybridized carbons (Fsp3) is 0.533. The minimum absolute atomic E-state index is 0.179. The van der Waals surface area contributed by atoms with E-state index in [9.17, 15) is 4.79 Å².